The summed E-state index contributed by atoms with van der Waals surface area (Å²) in [7, 11) is -4.41. The molecule has 1 aromatic rings. The number of rotatable bonds is 5. The minimum Gasteiger partial charge on any atom is -0.342 e. The molecule has 2 aliphatic rings. The van der Waals surface area contributed by atoms with E-state index in [1.54, 1.807) is 18.2 Å². The number of hydrogen-bond donors (Lipinski definition) is 2. The third-order valence-corrected chi connectivity index (χ3v) is 5.10. The molecule has 1 heterocycles. The highest BCUT2D eigenvalue weighted by Gasteiger charge is 2.50. The molecule has 10 heteroatoms. The molecule has 2 unspecified atom stereocenters. The molecule has 1 saturated heterocycles. The average Bonchev–Trinajstić information content (AvgIpc) is 2.91. The number of ether oxygens (including phenoxy) is 2. The van der Waals surface area contributed by atoms with Crippen LogP contribution in [0.15, 0.2) is 24.3 Å². The fourth-order valence-electron chi connectivity index (χ4n) is 3.49. The Balaban J connectivity index is 1.91. The van der Waals surface area contributed by atoms with E-state index in [0.29, 0.717) is 18.4 Å². The van der Waals surface area contributed by atoms with Gasteiger partial charge in [0, 0.05) is 25.5 Å². The Morgan fingerprint density at radius 1 is 1.24 bits per heavy atom. The van der Waals surface area contributed by atoms with Crippen molar-refractivity contribution in [2.75, 3.05) is 6.54 Å². The molecule has 0 amide bonds. The Morgan fingerprint density at radius 3 is 2.56 bits per heavy atom. The summed E-state index contributed by atoms with van der Waals surface area (Å²) < 4.78 is 45.1. The topological polar surface area (TPSA) is 128 Å². The van der Waals surface area contributed by atoms with Gasteiger partial charge in [-0.1, -0.05) is 18.6 Å². The van der Waals surface area contributed by atoms with Crippen LogP contribution in [0.3, 0.4) is 0 Å². The number of nitro groups is 1. The van der Waals surface area contributed by atoms with Crippen LogP contribution in [0.5, 0.6) is 0 Å². The molecule has 2 atom stereocenters. The van der Waals surface area contributed by atoms with Gasteiger partial charge in [0.1, 0.15) is 12.2 Å². The van der Waals surface area contributed by atoms with E-state index in [-0.39, 0.29) is 12.2 Å². The number of para-hydroxylation sites is 1. The summed E-state index contributed by atoms with van der Waals surface area (Å²) >= 11 is 0. The first kappa shape index (κ1) is 18.2. The summed E-state index contributed by atoms with van der Waals surface area (Å²) in [4.78, 5) is 10.8. The summed E-state index contributed by atoms with van der Waals surface area (Å²) in [6.07, 6.45) is 2.58. The highest BCUT2D eigenvalue weighted by Crippen LogP contribution is 2.47. The second-order valence-electron chi connectivity index (χ2n) is 6.31. The summed E-state index contributed by atoms with van der Waals surface area (Å²) in [6.45, 7) is -0.239. The first-order valence-electron chi connectivity index (χ1n) is 8.11. The molecule has 0 aromatic heterocycles. The molecule has 1 aliphatic heterocycles. The minimum absolute atomic E-state index is 0.110. The molecule has 2 fully saturated rings. The third-order valence-electron chi connectivity index (χ3n) is 4.57. The van der Waals surface area contributed by atoms with E-state index in [2.05, 4.69) is 0 Å². The van der Waals surface area contributed by atoms with Crippen molar-refractivity contribution in [1.29, 1.82) is 0 Å². The van der Waals surface area contributed by atoms with E-state index in [1.165, 1.54) is 6.07 Å². The highest BCUT2D eigenvalue weighted by molar-refractivity contribution is 7.83. The monoisotopic (exact) mass is 372 g/mol. The van der Waals surface area contributed by atoms with E-state index in [4.69, 9.17) is 14.0 Å². The predicted molar refractivity (Wildman–Crippen MR) is 87.2 cm³/mol. The van der Waals surface area contributed by atoms with Gasteiger partial charge in [0.2, 0.25) is 0 Å². The zero-order chi connectivity index (χ0) is 18.1. The fraction of sp³-hybridized carbons (Fsp3) is 0.600. The van der Waals surface area contributed by atoms with Crippen LogP contribution >= 0.6 is 0 Å². The molecule has 1 aromatic carbocycles. The molecular weight excluding hydrogens is 352 g/mol. The van der Waals surface area contributed by atoms with Crippen molar-refractivity contribution in [1.82, 2.24) is 4.72 Å². The molecule has 3 rings (SSSR count). The molecular formula is C15H20N2O7S. The normalized spacial score (nSPS) is 26.0. The van der Waals surface area contributed by atoms with Gasteiger partial charge in [0.25, 0.3) is 5.69 Å². The van der Waals surface area contributed by atoms with E-state index >= 15 is 0 Å². The maximum absolute atomic E-state index is 11.3. The van der Waals surface area contributed by atoms with E-state index in [0.717, 1.165) is 19.3 Å². The van der Waals surface area contributed by atoms with Crippen LogP contribution in [-0.4, -0.2) is 36.3 Å². The van der Waals surface area contributed by atoms with Gasteiger partial charge in [-0.3, -0.25) is 14.7 Å². The van der Waals surface area contributed by atoms with Gasteiger partial charge in [-0.2, -0.15) is 13.1 Å². The van der Waals surface area contributed by atoms with Crippen LogP contribution in [-0.2, 0) is 19.8 Å². The maximum Gasteiger partial charge on any atom is 0.333 e. The maximum atomic E-state index is 11.3. The first-order chi connectivity index (χ1) is 11.8. The third kappa shape index (κ3) is 4.15. The van der Waals surface area contributed by atoms with Crippen LogP contribution in [0.1, 0.15) is 43.8 Å². The Bertz CT molecular complexity index is 746. The smallest absolute Gasteiger partial charge is 0.333 e. The number of hydrogen-bond acceptors (Lipinski definition) is 6. The van der Waals surface area contributed by atoms with Crippen LogP contribution < -0.4 is 4.72 Å². The molecule has 9 nitrogen and oxygen atoms in total. The Labute approximate surface area is 145 Å². The number of nitro benzene ring substituents is 1. The van der Waals surface area contributed by atoms with Gasteiger partial charge in [-0.25, -0.2) is 0 Å². The molecule has 1 saturated carbocycles. The SMILES string of the molecule is O=[N+]([O-])c1ccccc1C1OC2(CCCCC2)OC1CNS(=O)(=O)O. The van der Waals surface area contributed by atoms with E-state index in [9.17, 15) is 18.5 Å². The van der Waals surface area contributed by atoms with Crippen molar-refractivity contribution >= 4 is 16.0 Å². The summed E-state index contributed by atoms with van der Waals surface area (Å²) in [6, 6.07) is 6.16. The van der Waals surface area contributed by atoms with Gasteiger partial charge in [-0.15, -0.1) is 0 Å². The number of nitrogens with zero attached hydrogens (tertiary/aromatic N) is 1. The molecule has 0 bridgehead atoms. The van der Waals surface area contributed by atoms with Crippen molar-refractivity contribution in [3.63, 3.8) is 0 Å². The Morgan fingerprint density at radius 2 is 1.92 bits per heavy atom. The van der Waals surface area contributed by atoms with Crippen LogP contribution in [0.25, 0.3) is 0 Å². The second-order valence-corrected chi connectivity index (χ2v) is 7.54. The van der Waals surface area contributed by atoms with Crippen molar-refractivity contribution in [3.8, 4) is 0 Å². The molecule has 138 valence electrons. The lowest BCUT2D eigenvalue weighted by atomic mass is 9.94. The van der Waals surface area contributed by atoms with Gasteiger partial charge >= 0.3 is 10.3 Å². The Kier molecular flexibility index (Phi) is 5.07. The lowest BCUT2D eigenvalue weighted by Gasteiger charge is -2.32. The standard InChI is InChI=1S/C15H20N2O7S/c18-17(19)12-7-3-2-6-11(12)14-13(10-16-25(20,21)22)23-15(24-14)8-4-1-5-9-15/h2-3,6-7,13-14,16H,1,4-5,8-10H2,(H,20,21,22). The summed E-state index contributed by atoms with van der Waals surface area (Å²) in [5, 5.41) is 11.3. The summed E-state index contributed by atoms with van der Waals surface area (Å²) in [5.74, 6) is -0.863. The molecule has 2 N–H and O–H groups in total. The van der Waals surface area contributed by atoms with E-state index < -0.39 is 33.2 Å². The molecule has 0 radical (unpaired) electrons. The van der Waals surface area contributed by atoms with Crippen molar-refractivity contribution < 1.29 is 27.4 Å². The zero-order valence-electron chi connectivity index (χ0n) is 13.5. The fourth-order valence-corrected chi connectivity index (χ4v) is 3.87. The second kappa shape index (κ2) is 6.96. The van der Waals surface area contributed by atoms with Crippen LogP contribution in [0.4, 0.5) is 5.69 Å². The van der Waals surface area contributed by atoms with Crippen LogP contribution in [0.2, 0.25) is 0 Å². The van der Waals surface area contributed by atoms with Crippen LogP contribution in [0, 0.1) is 10.1 Å². The quantitative estimate of drug-likeness (QED) is 0.460. The predicted octanol–water partition coefficient (Wildman–Crippen LogP) is 2.10. The van der Waals surface area contributed by atoms with Crippen molar-refractivity contribution in [2.45, 2.75) is 50.1 Å². The number of nitrogens with one attached hydrogen (secondary N) is 1. The average molecular weight is 372 g/mol. The largest absolute Gasteiger partial charge is 0.342 e. The summed E-state index contributed by atoms with van der Waals surface area (Å²) in [5.41, 5.74) is 0.220. The highest BCUT2D eigenvalue weighted by atomic mass is 32.2. The number of benzene rings is 1. The van der Waals surface area contributed by atoms with Gasteiger partial charge in [-0.05, 0) is 18.9 Å². The molecule has 25 heavy (non-hydrogen) atoms. The van der Waals surface area contributed by atoms with E-state index in [1.807, 2.05) is 4.72 Å². The van der Waals surface area contributed by atoms with Crippen molar-refractivity contribution in [3.05, 3.63) is 39.9 Å². The van der Waals surface area contributed by atoms with Gasteiger partial charge < -0.3 is 9.47 Å². The van der Waals surface area contributed by atoms with Crippen molar-refractivity contribution in [2.24, 2.45) is 0 Å². The van der Waals surface area contributed by atoms with Gasteiger partial charge in [0.15, 0.2) is 5.79 Å². The minimum atomic E-state index is -4.41. The molecule has 1 spiro atoms. The molecule has 1 aliphatic carbocycles. The first-order valence-corrected chi connectivity index (χ1v) is 9.55. The zero-order valence-corrected chi connectivity index (χ0v) is 14.3. The Hall–Kier alpha value is -1.59. The lowest BCUT2D eigenvalue weighted by Crippen LogP contribution is -2.37. The van der Waals surface area contributed by atoms with Gasteiger partial charge in [0.05, 0.1) is 10.5 Å². The lowest BCUT2D eigenvalue weighted by molar-refractivity contribution is -0.386.